The lowest BCUT2D eigenvalue weighted by Crippen LogP contribution is -2.32. The molecule has 2 atom stereocenters. The average Bonchev–Trinajstić information content (AvgIpc) is 2.52. The number of hydrogen-bond acceptors (Lipinski definition) is 3. The van der Waals surface area contributed by atoms with Gasteiger partial charge in [0, 0.05) is 5.69 Å². The highest BCUT2D eigenvalue weighted by Gasteiger charge is 2.29. The standard InChI is InChI=1S/C20H25NO2/c1-15(19(22)23-20(2,3)4)18(16-11-7-5-8-12-16)21-17-13-9-6-10-14-17/h5-15,18,21H,1-4H3/t15-,18+/m1/s1. The first-order chi connectivity index (χ1) is 10.9. The molecule has 122 valence electrons. The lowest BCUT2D eigenvalue weighted by atomic mass is 9.94. The third-order valence-electron chi connectivity index (χ3n) is 3.53. The summed E-state index contributed by atoms with van der Waals surface area (Å²) in [4.78, 5) is 12.5. The maximum atomic E-state index is 12.5. The molecule has 0 aromatic heterocycles. The van der Waals surface area contributed by atoms with E-state index in [1.807, 2.05) is 88.4 Å². The fourth-order valence-corrected chi connectivity index (χ4v) is 2.40. The van der Waals surface area contributed by atoms with Crippen LogP contribution in [0.15, 0.2) is 60.7 Å². The van der Waals surface area contributed by atoms with Crippen molar-refractivity contribution in [1.29, 1.82) is 0 Å². The first-order valence-electron chi connectivity index (χ1n) is 7.96. The highest BCUT2D eigenvalue weighted by atomic mass is 16.6. The van der Waals surface area contributed by atoms with Crippen LogP contribution in [0.1, 0.15) is 39.3 Å². The van der Waals surface area contributed by atoms with Crippen molar-refractivity contribution in [3.05, 3.63) is 66.2 Å². The Kier molecular flexibility index (Phi) is 5.43. The summed E-state index contributed by atoms with van der Waals surface area (Å²) in [7, 11) is 0. The van der Waals surface area contributed by atoms with Gasteiger partial charge in [-0.25, -0.2) is 0 Å². The molecule has 0 aliphatic rings. The van der Waals surface area contributed by atoms with Crippen LogP contribution in [0, 0.1) is 5.92 Å². The molecule has 3 heteroatoms. The minimum atomic E-state index is -0.487. The van der Waals surface area contributed by atoms with E-state index in [9.17, 15) is 4.79 Å². The summed E-state index contributed by atoms with van der Waals surface area (Å²) in [6.07, 6.45) is 0. The average molecular weight is 311 g/mol. The van der Waals surface area contributed by atoms with Crippen LogP contribution in [0.5, 0.6) is 0 Å². The molecule has 0 amide bonds. The molecule has 0 saturated carbocycles. The van der Waals surface area contributed by atoms with E-state index >= 15 is 0 Å². The Labute approximate surface area is 138 Å². The van der Waals surface area contributed by atoms with Gasteiger partial charge in [0.15, 0.2) is 0 Å². The number of hydrogen-bond donors (Lipinski definition) is 1. The van der Waals surface area contributed by atoms with E-state index in [0.717, 1.165) is 11.3 Å². The van der Waals surface area contributed by atoms with E-state index in [-0.39, 0.29) is 17.9 Å². The Balaban J connectivity index is 2.24. The van der Waals surface area contributed by atoms with Gasteiger partial charge in [0.05, 0.1) is 12.0 Å². The van der Waals surface area contributed by atoms with Crippen molar-refractivity contribution in [2.75, 3.05) is 5.32 Å². The summed E-state index contributed by atoms with van der Waals surface area (Å²) in [6.45, 7) is 7.57. The van der Waals surface area contributed by atoms with Crippen molar-refractivity contribution in [1.82, 2.24) is 0 Å². The Bertz CT molecular complexity index is 617. The third-order valence-corrected chi connectivity index (χ3v) is 3.53. The molecule has 0 fully saturated rings. The van der Waals surface area contributed by atoms with Gasteiger partial charge >= 0.3 is 5.97 Å². The Morgan fingerprint density at radius 1 is 0.957 bits per heavy atom. The zero-order valence-electron chi connectivity index (χ0n) is 14.2. The van der Waals surface area contributed by atoms with E-state index in [2.05, 4.69) is 5.32 Å². The molecule has 2 aromatic rings. The van der Waals surface area contributed by atoms with Gasteiger partial charge in [0.2, 0.25) is 0 Å². The van der Waals surface area contributed by atoms with E-state index in [4.69, 9.17) is 4.74 Å². The van der Waals surface area contributed by atoms with Crippen LogP contribution in [0.2, 0.25) is 0 Å². The minimum absolute atomic E-state index is 0.145. The molecule has 2 aromatic carbocycles. The predicted molar refractivity (Wildman–Crippen MR) is 94.3 cm³/mol. The van der Waals surface area contributed by atoms with Crippen LogP contribution in [0.4, 0.5) is 5.69 Å². The smallest absolute Gasteiger partial charge is 0.311 e. The van der Waals surface area contributed by atoms with Crippen LogP contribution < -0.4 is 5.32 Å². The number of esters is 1. The van der Waals surface area contributed by atoms with Crippen LogP contribution in [0.25, 0.3) is 0 Å². The van der Waals surface area contributed by atoms with Crippen molar-refractivity contribution in [3.8, 4) is 0 Å². The van der Waals surface area contributed by atoms with Crippen LogP contribution in [-0.4, -0.2) is 11.6 Å². The molecule has 0 radical (unpaired) electrons. The zero-order valence-corrected chi connectivity index (χ0v) is 14.2. The van der Waals surface area contributed by atoms with Gasteiger partial charge in [-0.15, -0.1) is 0 Å². The van der Waals surface area contributed by atoms with Gasteiger partial charge in [-0.1, -0.05) is 48.5 Å². The maximum Gasteiger partial charge on any atom is 0.311 e. The number of nitrogens with one attached hydrogen (secondary N) is 1. The molecule has 3 nitrogen and oxygen atoms in total. The molecule has 1 N–H and O–H groups in total. The normalized spacial score (nSPS) is 13.9. The maximum absolute atomic E-state index is 12.5. The van der Waals surface area contributed by atoms with Crippen LogP contribution >= 0.6 is 0 Å². The number of carbonyl (C=O) groups excluding carboxylic acids is 1. The van der Waals surface area contributed by atoms with Crippen LogP contribution in [0.3, 0.4) is 0 Å². The molecule has 23 heavy (non-hydrogen) atoms. The predicted octanol–water partition coefficient (Wildman–Crippen LogP) is 4.82. The number of benzene rings is 2. The molecule has 2 rings (SSSR count). The number of ether oxygens (including phenoxy) is 1. The van der Waals surface area contributed by atoms with Crippen LogP contribution in [-0.2, 0) is 9.53 Å². The highest BCUT2D eigenvalue weighted by Crippen LogP contribution is 2.28. The first kappa shape index (κ1) is 17.1. The summed E-state index contributed by atoms with van der Waals surface area (Å²) in [5, 5.41) is 3.46. The second-order valence-electron chi connectivity index (χ2n) is 6.72. The monoisotopic (exact) mass is 311 g/mol. The number of carbonyl (C=O) groups is 1. The molecule has 0 spiro atoms. The molecule has 0 unspecified atom stereocenters. The molecular formula is C20H25NO2. The van der Waals surface area contributed by atoms with Gasteiger partial charge in [0.25, 0.3) is 0 Å². The fourth-order valence-electron chi connectivity index (χ4n) is 2.40. The Morgan fingerprint density at radius 2 is 1.48 bits per heavy atom. The molecule has 0 aliphatic carbocycles. The van der Waals surface area contributed by atoms with Crippen molar-refractivity contribution in [3.63, 3.8) is 0 Å². The SMILES string of the molecule is C[C@@H](C(=O)OC(C)(C)C)[C@H](Nc1ccccc1)c1ccccc1. The van der Waals surface area contributed by atoms with Gasteiger partial charge in [-0.3, -0.25) is 4.79 Å². The lowest BCUT2D eigenvalue weighted by molar-refractivity contribution is -0.159. The van der Waals surface area contributed by atoms with Gasteiger partial charge in [0.1, 0.15) is 5.60 Å². The second kappa shape index (κ2) is 7.32. The van der Waals surface area contributed by atoms with E-state index in [0.29, 0.717) is 0 Å². The van der Waals surface area contributed by atoms with E-state index < -0.39 is 5.60 Å². The summed E-state index contributed by atoms with van der Waals surface area (Å²) in [6, 6.07) is 19.8. The second-order valence-corrected chi connectivity index (χ2v) is 6.72. The zero-order chi connectivity index (χ0) is 16.9. The lowest BCUT2D eigenvalue weighted by Gasteiger charge is -2.28. The molecule has 0 saturated heterocycles. The molecule has 0 heterocycles. The summed E-state index contributed by atoms with van der Waals surface area (Å²) in [5.74, 6) is -0.508. The van der Waals surface area contributed by atoms with E-state index in [1.54, 1.807) is 0 Å². The quantitative estimate of drug-likeness (QED) is 0.805. The number of anilines is 1. The number of rotatable bonds is 5. The van der Waals surface area contributed by atoms with Crippen molar-refractivity contribution in [2.45, 2.75) is 39.3 Å². The Hall–Kier alpha value is -2.29. The molecule has 0 bridgehead atoms. The highest BCUT2D eigenvalue weighted by molar-refractivity contribution is 5.74. The van der Waals surface area contributed by atoms with Gasteiger partial charge < -0.3 is 10.1 Å². The van der Waals surface area contributed by atoms with Gasteiger partial charge in [-0.2, -0.15) is 0 Å². The van der Waals surface area contributed by atoms with Crippen molar-refractivity contribution >= 4 is 11.7 Å². The van der Waals surface area contributed by atoms with Crippen molar-refractivity contribution < 1.29 is 9.53 Å². The molecular weight excluding hydrogens is 286 g/mol. The summed E-state index contributed by atoms with van der Waals surface area (Å²) >= 11 is 0. The number of para-hydroxylation sites is 1. The van der Waals surface area contributed by atoms with Gasteiger partial charge in [-0.05, 0) is 45.4 Å². The minimum Gasteiger partial charge on any atom is -0.460 e. The van der Waals surface area contributed by atoms with Crippen molar-refractivity contribution in [2.24, 2.45) is 5.92 Å². The van der Waals surface area contributed by atoms with E-state index in [1.165, 1.54) is 0 Å². The largest absolute Gasteiger partial charge is 0.460 e. The summed E-state index contributed by atoms with van der Waals surface area (Å²) in [5.41, 5.74) is 1.56. The topological polar surface area (TPSA) is 38.3 Å². The molecule has 0 aliphatic heterocycles. The summed E-state index contributed by atoms with van der Waals surface area (Å²) < 4.78 is 5.56. The fraction of sp³-hybridized carbons (Fsp3) is 0.350. The first-order valence-corrected chi connectivity index (χ1v) is 7.96. The Morgan fingerprint density at radius 3 is 2.00 bits per heavy atom. The third kappa shape index (κ3) is 5.13.